The Morgan fingerprint density at radius 3 is 2.89 bits per heavy atom. The Hall–Kier alpha value is -3.22. The van der Waals surface area contributed by atoms with Crippen LogP contribution in [0.4, 0.5) is 0 Å². The number of carbonyl (C=O) groups excluding carboxylic acids is 1. The van der Waals surface area contributed by atoms with Crippen LogP contribution in [0, 0.1) is 18.8 Å². The summed E-state index contributed by atoms with van der Waals surface area (Å²) in [5.74, 6) is 1.47. The minimum Gasteiger partial charge on any atom is -0.469 e. The van der Waals surface area contributed by atoms with Crippen LogP contribution in [0.25, 0.3) is 5.65 Å². The topological polar surface area (TPSA) is 78.6 Å². The Morgan fingerprint density at radius 1 is 1.22 bits per heavy atom. The van der Waals surface area contributed by atoms with E-state index in [4.69, 9.17) is 9.47 Å². The molecule has 2 aliphatic rings. The average molecular weight is 364 g/mol. The molecule has 0 saturated carbocycles. The van der Waals surface area contributed by atoms with Crippen LogP contribution in [0.1, 0.15) is 18.7 Å². The molecule has 2 aromatic heterocycles. The van der Waals surface area contributed by atoms with Crippen LogP contribution in [-0.4, -0.2) is 32.9 Å². The SMILES string of the molecule is COC(=O)C1C=C(C2C=CC=CC2)C(Oc2ccc3nnc(C)n3n2)=CC1. The molecule has 0 bridgehead atoms. The number of methoxy groups -OCH3 is 1. The standard InChI is InChI=1S/C20H20N4O3/c1-13-21-22-18-10-11-19(23-24(13)18)27-17-9-8-15(20(25)26-2)12-16(17)14-6-4-3-5-7-14/h3-6,9-12,14-15H,7-8H2,1-2H3. The molecule has 2 unspecified atom stereocenters. The van der Waals surface area contributed by atoms with E-state index in [1.54, 1.807) is 10.6 Å². The van der Waals surface area contributed by atoms with Gasteiger partial charge >= 0.3 is 5.97 Å². The first-order valence-electron chi connectivity index (χ1n) is 8.86. The number of nitrogens with zero attached hydrogens (tertiary/aromatic N) is 4. The lowest BCUT2D eigenvalue weighted by Gasteiger charge is -2.25. The molecule has 4 rings (SSSR count). The summed E-state index contributed by atoms with van der Waals surface area (Å²) >= 11 is 0. The van der Waals surface area contributed by atoms with E-state index in [1.165, 1.54) is 7.11 Å². The van der Waals surface area contributed by atoms with Gasteiger partial charge in [0.15, 0.2) is 11.5 Å². The molecule has 2 aliphatic carbocycles. The fourth-order valence-electron chi connectivity index (χ4n) is 3.30. The molecule has 0 fully saturated rings. The number of carbonyl (C=O) groups is 1. The highest BCUT2D eigenvalue weighted by molar-refractivity contribution is 5.75. The Kier molecular flexibility index (Phi) is 4.58. The summed E-state index contributed by atoms with van der Waals surface area (Å²) in [5.41, 5.74) is 1.64. The van der Waals surface area contributed by atoms with Gasteiger partial charge in [-0.25, -0.2) is 0 Å². The summed E-state index contributed by atoms with van der Waals surface area (Å²) in [6.45, 7) is 1.84. The molecule has 0 radical (unpaired) electrons. The lowest BCUT2D eigenvalue weighted by molar-refractivity contribution is -0.143. The lowest BCUT2D eigenvalue weighted by atomic mass is 9.84. The second-order valence-corrected chi connectivity index (χ2v) is 6.50. The smallest absolute Gasteiger partial charge is 0.312 e. The second kappa shape index (κ2) is 7.19. The highest BCUT2D eigenvalue weighted by atomic mass is 16.5. The molecule has 0 aromatic carbocycles. The van der Waals surface area contributed by atoms with Gasteiger partial charge in [-0.1, -0.05) is 30.4 Å². The van der Waals surface area contributed by atoms with Gasteiger partial charge in [0.25, 0.3) is 0 Å². The molecule has 138 valence electrons. The Morgan fingerprint density at radius 2 is 2.11 bits per heavy atom. The van der Waals surface area contributed by atoms with Crippen molar-refractivity contribution in [3.8, 4) is 5.88 Å². The van der Waals surface area contributed by atoms with E-state index in [9.17, 15) is 4.79 Å². The van der Waals surface area contributed by atoms with E-state index >= 15 is 0 Å². The molecule has 7 heteroatoms. The molecule has 2 atom stereocenters. The number of rotatable bonds is 4. The van der Waals surface area contributed by atoms with Crippen molar-refractivity contribution >= 4 is 11.6 Å². The van der Waals surface area contributed by atoms with E-state index in [2.05, 4.69) is 27.4 Å². The van der Waals surface area contributed by atoms with Gasteiger partial charge < -0.3 is 9.47 Å². The van der Waals surface area contributed by atoms with Crippen LogP contribution in [0.15, 0.2) is 59.9 Å². The van der Waals surface area contributed by atoms with E-state index in [0.29, 0.717) is 23.8 Å². The first-order valence-corrected chi connectivity index (χ1v) is 8.86. The first kappa shape index (κ1) is 17.2. The number of aryl methyl sites for hydroxylation is 1. The number of ether oxygens (including phenoxy) is 2. The quantitative estimate of drug-likeness (QED) is 0.776. The zero-order valence-corrected chi connectivity index (χ0v) is 15.2. The molecule has 27 heavy (non-hydrogen) atoms. The minimum absolute atomic E-state index is 0.147. The fourth-order valence-corrected chi connectivity index (χ4v) is 3.30. The third-order valence-corrected chi connectivity index (χ3v) is 4.72. The molecule has 0 amide bonds. The van der Waals surface area contributed by atoms with Crippen LogP contribution in [0.2, 0.25) is 0 Å². The maximum absolute atomic E-state index is 12.0. The van der Waals surface area contributed by atoms with Gasteiger partial charge in [0, 0.05) is 12.0 Å². The number of hydrogen-bond acceptors (Lipinski definition) is 6. The summed E-state index contributed by atoms with van der Waals surface area (Å²) in [6, 6.07) is 3.58. The van der Waals surface area contributed by atoms with Crippen molar-refractivity contribution < 1.29 is 14.3 Å². The molecular weight excluding hydrogens is 344 g/mol. The van der Waals surface area contributed by atoms with Gasteiger partial charge in [-0.15, -0.1) is 15.3 Å². The van der Waals surface area contributed by atoms with E-state index < -0.39 is 0 Å². The number of esters is 1. The first-order chi connectivity index (χ1) is 13.2. The van der Waals surface area contributed by atoms with Crippen molar-refractivity contribution in [2.45, 2.75) is 19.8 Å². The van der Waals surface area contributed by atoms with E-state index in [1.807, 2.05) is 37.3 Å². The van der Waals surface area contributed by atoms with Crippen molar-refractivity contribution in [3.05, 3.63) is 65.7 Å². The minimum atomic E-state index is -0.299. The second-order valence-electron chi connectivity index (χ2n) is 6.50. The zero-order chi connectivity index (χ0) is 18.8. The molecular formula is C20H20N4O3. The third-order valence-electron chi connectivity index (χ3n) is 4.72. The Balaban J connectivity index is 1.64. The van der Waals surface area contributed by atoms with Crippen LogP contribution in [0.5, 0.6) is 5.88 Å². The third kappa shape index (κ3) is 3.40. The van der Waals surface area contributed by atoms with Gasteiger partial charge in [0.05, 0.1) is 13.0 Å². The maximum atomic E-state index is 12.0. The van der Waals surface area contributed by atoms with Crippen molar-refractivity contribution in [2.24, 2.45) is 11.8 Å². The summed E-state index contributed by atoms with van der Waals surface area (Å²) in [4.78, 5) is 12.0. The van der Waals surface area contributed by atoms with Crippen molar-refractivity contribution in [2.75, 3.05) is 7.11 Å². The fraction of sp³-hybridized carbons (Fsp3) is 0.300. The Bertz CT molecular complexity index is 1000. The molecule has 7 nitrogen and oxygen atoms in total. The summed E-state index contributed by atoms with van der Waals surface area (Å²) in [6.07, 6.45) is 13.5. The number of fused-ring (bicyclic) bond motifs is 1. The average Bonchev–Trinajstić information content (AvgIpc) is 3.09. The molecule has 2 aromatic rings. The molecule has 0 saturated heterocycles. The number of hydrogen-bond donors (Lipinski definition) is 0. The predicted molar refractivity (Wildman–Crippen MR) is 98.8 cm³/mol. The van der Waals surface area contributed by atoms with Crippen LogP contribution >= 0.6 is 0 Å². The normalized spacial score (nSPS) is 21.7. The van der Waals surface area contributed by atoms with Gasteiger partial charge in [-0.05, 0) is 37.5 Å². The van der Waals surface area contributed by atoms with Crippen molar-refractivity contribution in [1.82, 2.24) is 19.8 Å². The van der Waals surface area contributed by atoms with E-state index in [-0.39, 0.29) is 17.8 Å². The number of aromatic nitrogens is 4. The van der Waals surface area contributed by atoms with Crippen molar-refractivity contribution in [1.29, 1.82) is 0 Å². The van der Waals surface area contributed by atoms with E-state index in [0.717, 1.165) is 17.8 Å². The van der Waals surface area contributed by atoms with Gasteiger partial charge in [-0.3, -0.25) is 4.79 Å². The predicted octanol–water partition coefficient (Wildman–Crippen LogP) is 2.95. The van der Waals surface area contributed by atoms with Gasteiger partial charge in [0.2, 0.25) is 5.88 Å². The van der Waals surface area contributed by atoms with Gasteiger partial charge in [0.1, 0.15) is 5.76 Å². The lowest BCUT2D eigenvalue weighted by Crippen LogP contribution is -2.21. The molecule has 0 N–H and O–H groups in total. The Labute approximate surface area is 156 Å². The summed E-state index contributed by atoms with van der Waals surface area (Å²) in [5, 5.41) is 12.5. The number of allylic oxidation sites excluding steroid dienone is 6. The molecule has 0 aliphatic heterocycles. The largest absolute Gasteiger partial charge is 0.469 e. The highest BCUT2D eigenvalue weighted by Gasteiger charge is 2.27. The zero-order valence-electron chi connectivity index (χ0n) is 15.2. The van der Waals surface area contributed by atoms with Gasteiger partial charge in [-0.2, -0.15) is 4.52 Å². The van der Waals surface area contributed by atoms with Crippen LogP contribution < -0.4 is 4.74 Å². The molecule has 0 spiro atoms. The monoisotopic (exact) mass is 364 g/mol. The maximum Gasteiger partial charge on any atom is 0.312 e. The molecule has 2 heterocycles. The van der Waals surface area contributed by atoms with Crippen molar-refractivity contribution in [3.63, 3.8) is 0 Å². The highest BCUT2D eigenvalue weighted by Crippen LogP contribution is 2.34. The van der Waals surface area contributed by atoms with Crippen LogP contribution in [0.3, 0.4) is 0 Å². The van der Waals surface area contributed by atoms with Crippen LogP contribution in [-0.2, 0) is 9.53 Å². The summed E-state index contributed by atoms with van der Waals surface area (Å²) in [7, 11) is 1.41. The summed E-state index contributed by atoms with van der Waals surface area (Å²) < 4.78 is 12.7.